The van der Waals surface area contributed by atoms with Crippen LogP contribution in [0.3, 0.4) is 0 Å². The van der Waals surface area contributed by atoms with E-state index in [1.165, 1.54) is 0 Å². The van der Waals surface area contributed by atoms with Crippen LogP contribution in [0.25, 0.3) is 0 Å². The maximum atomic E-state index is 5.45. The molecule has 0 fully saturated rings. The van der Waals surface area contributed by atoms with Crippen molar-refractivity contribution in [2.24, 2.45) is 0 Å². The molecule has 4 nitrogen and oxygen atoms in total. The summed E-state index contributed by atoms with van der Waals surface area (Å²) >= 11 is 0. The molecule has 0 amide bonds. The Morgan fingerprint density at radius 2 is 2.18 bits per heavy atom. The van der Waals surface area contributed by atoms with Gasteiger partial charge >= 0.3 is 0 Å². The minimum atomic E-state index is 0.258. The summed E-state index contributed by atoms with van der Waals surface area (Å²) in [6, 6.07) is 2.02. The summed E-state index contributed by atoms with van der Waals surface area (Å²) in [7, 11) is 0. The lowest BCUT2D eigenvalue weighted by molar-refractivity contribution is 0.0104. The number of rotatable bonds is 9. The lowest BCUT2D eigenvalue weighted by Crippen LogP contribution is -2.10. The van der Waals surface area contributed by atoms with Crippen LogP contribution in [0.2, 0.25) is 0 Å². The fourth-order valence-corrected chi connectivity index (χ4v) is 1.38. The molecule has 1 rings (SSSR count). The van der Waals surface area contributed by atoms with Crippen LogP contribution in [-0.2, 0) is 22.6 Å². The van der Waals surface area contributed by atoms with Crippen LogP contribution in [0.1, 0.15) is 32.1 Å². The van der Waals surface area contributed by atoms with Crippen molar-refractivity contribution in [1.29, 1.82) is 0 Å². The van der Waals surface area contributed by atoms with Gasteiger partial charge in [-0.1, -0.05) is 6.92 Å². The second-order valence-electron chi connectivity index (χ2n) is 4.17. The monoisotopic (exact) mass is 241 g/mol. The molecule has 0 spiro atoms. The van der Waals surface area contributed by atoms with Crippen LogP contribution in [0.15, 0.2) is 16.7 Å². The molecule has 0 aliphatic carbocycles. The van der Waals surface area contributed by atoms with E-state index in [-0.39, 0.29) is 6.10 Å². The molecule has 0 saturated carbocycles. The van der Waals surface area contributed by atoms with Crippen molar-refractivity contribution in [2.45, 2.75) is 40.0 Å². The first-order chi connectivity index (χ1) is 8.22. The second kappa shape index (κ2) is 8.28. The second-order valence-corrected chi connectivity index (χ2v) is 4.17. The van der Waals surface area contributed by atoms with Crippen LogP contribution >= 0.6 is 0 Å². The third-order valence-electron chi connectivity index (χ3n) is 2.21. The van der Waals surface area contributed by atoms with Gasteiger partial charge in [0.25, 0.3) is 0 Å². The largest absolute Gasteiger partial charge is 0.467 e. The molecule has 0 bridgehead atoms. The van der Waals surface area contributed by atoms with Crippen LogP contribution in [0.4, 0.5) is 0 Å². The number of hydrogen-bond acceptors (Lipinski definition) is 4. The average molecular weight is 241 g/mol. The molecular weight excluding hydrogens is 218 g/mol. The van der Waals surface area contributed by atoms with E-state index >= 15 is 0 Å². The average Bonchev–Trinajstić information content (AvgIpc) is 2.73. The molecule has 1 heterocycles. The Morgan fingerprint density at radius 3 is 2.88 bits per heavy atom. The van der Waals surface area contributed by atoms with E-state index in [0.717, 1.165) is 24.4 Å². The van der Waals surface area contributed by atoms with Crippen LogP contribution in [0.5, 0.6) is 0 Å². The van der Waals surface area contributed by atoms with E-state index in [9.17, 15) is 0 Å². The molecule has 0 unspecified atom stereocenters. The molecule has 4 heteroatoms. The SMILES string of the molecule is CCNCc1coc(COCCOC(C)C)c1. The quantitative estimate of drug-likeness (QED) is 0.674. The maximum Gasteiger partial charge on any atom is 0.129 e. The first-order valence-electron chi connectivity index (χ1n) is 6.18. The normalized spacial score (nSPS) is 11.3. The van der Waals surface area contributed by atoms with Gasteiger partial charge in [-0.25, -0.2) is 0 Å². The number of furan rings is 1. The fourth-order valence-electron chi connectivity index (χ4n) is 1.38. The standard InChI is InChI=1S/C13H23NO3/c1-4-14-8-12-7-13(17-9-12)10-15-5-6-16-11(2)3/h7,9,11,14H,4-6,8,10H2,1-3H3. The Bertz CT molecular complexity index is 297. The molecule has 17 heavy (non-hydrogen) atoms. The Labute approximate surface area is 103 Å². The van der Waals surface area contributed by atoms with Gasteiger partial charge in [0, 0.05) is 12.1 Å². The van der Waals surface area contributed by atoms with Gasteiger partial charge in [-0.2, -0.15) is 0 Å². The van der Waals surface area contributed by atoms with Gasteiger partial charge in [0.05, 0.1) is 25.6 Å². The minimum Gasteiger partial charge on any atom is -0.467 e. The number of nitrogens with one attached hydrogen (secondary N) is 1. The van der Waals surface area contributed by atoms with Gasteiger partial charge < -0.3 is 19.2 Å². The molecule has 1 N–H and O–H groups in total. The predicted octanol–water partition coefficient (Wildman–Crippen LogP) is 2.33. The van der Waals surface area contributed by atoms with Gasteiger partial charge in [-0.05, 0) is 26.5 Å². The third kappa shape index (κ3) is 6.46. The van der Waals surface area contributed by atoms with Gasteiger partial charge in [0.1, 0.15) is 12.4 Å². The highest BCUT2D eigenvalue weighted by molar-refractivity contribution is 5.11. The lowest BCUT2D eigenvalue weighted by atomic mass is 10.3. The molecule has 0 aliphatic rings. The molecule has 0 saturated heterocycles. The maximum absolute atomic E-state index is 5.45. The topological polar surface area (TPSA) is 43.6 Å². The fraction of sp³-hybridized carbons (Fsp3) is 0.692. The zero-order valence-electron chi connectivity index (χ0n) is 11.0. The molecule has 0 aromatic carbocycles. The zero-order valence-corrected chi connectivity index (χ0v) is 11.0. The molecule has 1 aromatic rings. The predicted molar refractivity (Wildman–Crippen MR) is 66.8 cm³/mol. The van der Waals surface area contributed by atoms with Crippen LogP contribution < -0.4 is 5.32 Å². The Morgan fingerprint density at radius 1 is 1.35 bits per heavy atom. The summed E-state index contributed by atoms with van der Waals surface area (Å²) in [6.07, 6.45) is 2.03. The van der Waals surface area contributed by atoms with E-state index in [1.54, 1.807) is 6.26 Å². The summed E-state index contributed by atoms with van der Waals surface area (Å²) in [4.78, 5) is 0. The number of hydrogen-bond donors (Lipinski definition) is 1. The smallest absolute Gasteiger partial charge is 0.129 e. The Kier molecular flexibility index (Phi) is 6.93. The number of ether oxygens (including phenoxy) is 2. The highest BCUT2D eigenvalue weighted by Crippen LogP contribution is 2.08. The zero-order chi connectivity index (χ0) is 12.5. The van der Waals surface area contributed by atoms with Crippen molar-refractivity contribution in [3.8, 4) is 0 Å². The van der Waals surface area contributed by atoms with Gasteiger partial charge in [0.2, 0.25) is 0 Å². The molecule has 0 radical (unpaired) electrons. The summed E-state index contributed by atoms with van der Waals surface area (Å²) in [5, 5.41) is 3.25. The Hall–Kier alpha value is -0.840. The molecule has 98 valence electrons. The third-order valence-corrected chi connectivity index (χ3v) is 2.21. The van der Waals surface area contributed by atoms with Gasteiger partial charge in [-0.15, -0.1) is 0 Å². The molecule has 0 atom stereocenters. The van der Waals surface area contributed by atoms with Crippen molar-refractivity contribution >= 4 is 0 Å². The summed E-state index contributed by atoms with van der Waals surface area (Å²) in [6.45, 7) is 9.65. The van der Waals surface area contributed by atoms with E-state index < -0.39 is 0 Å². The lowest BCUT2D eigenvalue weighted by Gasteiger charge is -2.06. The minimum absolute atomic E-state index is 0.258. The van der Waals surface area contributed by atoms with Crippen LogP contribution in [-0.4, -0.2) is 25.9 Å². The molecular formula is C13H23NO3. The van der Waals surface area contributed by atoms with Gasteiger partial charge in [0.15, 0.2) is 0 Å². The van der Waals surface area contributed by atoms with E-state index in [2.05, 4.69) is 12.2 Å². The van der Waals surface area contributed by atoms with Crippen molar-refractivity contribution in [1.82, 2.24) is 5.32 Å². The first kappa shape index (κ1) is 14.2. The van der Waals surface area contributed by atoms with Crippen molar-refractivity contribution < 1.29 is 13.9 Å². The van der Waals surface area contributed by atoms with Crippen molar-refractivity contribution in [2.75, 3.05) is 19.8 Å². The van der Waals surface area contributed by atoms with Gasteiger partial charge in [-0.3, -0.25) is 0 Å². The van der Waals surface area contributed by atoms with Crippen molar-refractivity contribution in [3.05, 3.63) is 23.7 Å². The van der Waals surface area contributed by atoms with E-state index in [4.69, 9.17) is 13.9 Å². The van der Waals surface area contributed by atoms with Crippen molar-refractivity contribution in [3.63, 3.8) is 0 Å². The first-order valence-corrected chi connectivity index (χ1v) is 6.18. The Balaban J connectivity index is 2.12. The highest BCUT2D eigenvalue weighted by atomic mass is 16.5. The van der Waals surface area contributed by atoms with Crippen LogP contribution in [0, 0.1) is 0 Å². The summed E-state index contributed by atoms with van der Waals surface area (Å²) in [5.41, 5.74) is 1.16. The van der Waals surface area contributed by atoms with E-state index in [1.807, 2.05) is 19.9 Å². The molecule has 0 aliphatic heterocycles. The van der Waals surface area contributed by atoms with E-state index in [0.29, 0.717) is 19.8 Å². The summed E-state index contributed by atoms with van der Waals surface area (Å²) < 4.78 is 16.2. The molecule has 1 aromatic heterocycles. The highest BCUT2D eigenvalue weighted by Gasteiger charge is 2.01. The summed E-state index contributed by atoms with van der Waals surface area (Å²) in [5.74, 6) is 0.863.